The fourth-order valence-electron chi connectivity index (χ4n) is 2.14. The zero-order valence-electron chi connectivity index (χ0n) is 9.39. The third kappa shape index (κ3) is 2.37. The Kier molecular flexibility index (Phi) is 3.06. The predicted octanol–water partition coefficient (Wildman–Crippen LogP) is 3.37. The molecule has 2 rings (SSSR count). The molecule has 0 amide bonds. The Morgan fingerprint density at radius 1 is 1.33 bits per heavy atom. The van der Waals surface area contributed by atoms with Crippen molar-refractivity contribution in [2.75, 3.05) is 6.54 Å². The van der Waals surface area contributed by atoms with Crippen LogP contribution in [-0.2, 0) is 0 Å². The van der Waals surface area contributed by atoms with Crippen LogP contribution in [0.25, 0.3) is 0 Å². The van der Waals surface area contributed by atoms with Crippen LogP contribution in [0.3, 0.4) is 0 Å². The molecule has 1 aliphatic rings. The molecule has 1 saturated heterocycles. The molecule has 15 heavy (non-hydrogen) atoms. The first kappa shape index (κ1) is 10.6. The molecule has 1 N–H and O–H groups in total. The highest BCUT2D eigenvalue weighted by atomic mass is 19.1. The highest BCUT2D eigenvalue weighted by Gasteiger charge is 2.17. The summed E-state index contributed by atoms with van der Waals surface area (Å²) in [6.45, 7) is 5.25. The Hall–Kier alpha value is -0.890. The van der Waals surface area contributed by atoms with E-state index >= 15 is 0 Å². The smallest absolute Gasteiger partial charge is 0.123 e. The quantitative estimate of drug-likeness (QED) is 0.784. The van der Waals surface area contributed by atoms with E-state index in [1.807, 2.05) is 0 Å². The molecule has 1 heterocycles. The summed E-state index contributed by atoms with van der Waals surface area (Å²) in [5.41, 5.74) is 2.20. The molecule has 0 saturated carbocycles. The lowest BCUT2D eigenvalue weighted by molar-refractivity contribution is 0.601. The molecule has 0 aliphatic carbocycles. The first-order valence-electron chi connectivity index (χ1n) is 5.70. The summed E-state index contributed by atoms with van der Waals surface area (Å²) in [5.74, 6) is 0.283. The number of halogens is 1. The molecule has 0 aromatic heterocycles. The van der Waals surface area contributed by atoms with E-state index < -0.39 is 0 Å². The molecule has 1 aromatic carbocycles. The predicted molar refractivity (Wildman–Crippen MR) is 60.5 cm³/mol. The van der Waals surface area contributed by atoms with Gasteiger partial charge >= 0.3 is 0 Å². The third-order valence-electron chi connectivity index (χ3n) is 3.07. The van der Waals surface area contributed by atoms with Gasteiger partial charge in [0.25, 0.3) is 0 Å². The Morgan fingerprint density at radius 2 is 2.13 bits per heavy atom. The van der Waals surface area contributed by atoms with Gasteiger partial charge in [0.2, 0.25) is 0 Å². The fourth-order valence-corrected chi connectivity index (χ4v) is 2.14. The Morgan fingerprint density at radius 3 is 2.73 bits per heavy atom. The van der Waals surface area contributed by atoms with Crippen LogP contribution in [-0.4, -0.2) is 6.54 Å². The minimum Gasteiger partial charge on any atom is -0.310 e. The van der Waals surface area contributed by atoms with Gasteiger partial charge in [-0.15, -0.1) is 0 Å². The monoisotopic (exact) mass is 207 g/mol. The second-order valence-electron chi connectivity index (χ2n) is 4.62. The number of nitrogens with one attached hydrogen (secondary N) is 1. The van der Waals surface area contributed by atoms with Gasteiger partial charge in [0, 0.05) is 6.04 Å². The van der Waals surface area contributed by atoms with E-state index in [9.17, 15) is 4.39 Å². The van der Waals surface area contributed by atoms with Gasteiger partial charge in [-0.05, 0) is 48.6 Å². The lowest BCUT2D eigenvalue weighted by Gasteiger charge is -2.14. The highest BCUT2D eigenvalue weighted by molar-refractivity contribution is 5.29. The first-order valence-corrected chi connectivity index (χ1v) is 5.70. The zero-order valence-corrected chi connectivity index (χ0v) is 9.39. The van der Waals surface area contributed by atoms with Gasteiger partial charge in [-0.2, -0.15) is 0 Å². The van der Waals surface area contributed by atoms with Crippen LogP contribution in [0.4, 0.5) is 4.39 Å². The van der Waals surface area contributed by atoms with Crippen LogP contribution in [0.15, 0.2) is 18.2 Å². The maximum absolute atomic E-state index is 13.4. The van der Waals surface area contributed by atoms with Crippen LogP contribution < -0.4 is 5.32 Å². The standard InChI is InChI=1S/C13H18FN/c1-9(2)10-6-11(8-12(14)7-10)13-4-3-5-15-13/h6-9,13,15H,3-5H2,1-2H3. The molecule has 1 fully saturated rings. The first-order chi connectivity index (χ1) is 7.16. The average Bonchev–Trinajstić information content (AvgIpc) is 2.69. The van der Waals surface area contributed by atoms with Crippen molar-refractivity contribution in [2.24, 2.45) is 0 Å². The van der Waals surface area contributed by atoms with Gasteiger partial charge in [-0.25, -0.2) is 4.39 Å². The summed E-state index contributed by atoms with van der Waals surface area (Å²) in [5, 5.41) is 3.40. The summed E-state index contributed by atoms with van der Waals surface area (Å²) >= 11 is 0. The third-order valence-corrected chi connectivity index (χ3v) is 3.07. The number of benzene rings is 1. The summed E-state index contributed by atoms with van der Waals surface area (Å²) in [6, 6.07) is 5.80. The molecular formula is C13H18FN. The van der Waals surface area contributed by atoms with E-state index in [1.165, 1.54) is 6.42 Å². The van der Waals surface area contributed by atoms with E-state index in [2.05, 4.69) is 25.2 Å². The van der Waals surface area contributed by atoms with Gasteiger partial charge in [0.15, 0.2) is 0 Å². The van der Waals surface area contributed by atoms with Gasteiger partial charge in [-0.3, -0.25) is 0 Å². The average molecular weight is 207 g/mol. The molecule has 0 bridgehead atoms. The van der Waals surface area contributed by atoms with E-state index in [0.717, 1.165) is 24.1 Å². The van der Waals surface area contributed by atoms with Crippen molar-refractivity contribution in [3.8, 4) is 0 Å². The maximum atomic E-state index is 13.4. The van der Waals surface area contributed by atoms with Crippen LogP contribution in [0.1, 0.15) is 49.8 Å². The Labute approximate surface area is 90.7 Å². The molecule has 0 radical (unpaired) electrons. The summed E-state index contributed by atoms with van der Waals surface area (Å²) in [4.78, 5) is 0. The summed E-state index contributed by atoms with van der Waals surface area (Å²) < 4.78 is 13.4. The minimum atomic E-state index is -0.107. The van der Waals surface area contributed by atoms with Gasteiger partial charge in [-0.1, -0.05) is 19.9 Å². The number of hydrogen-bond acceptors (Lipinski definition) is 1. The van der Waals surface area contributed by atoms with E-state index in [1.54, 1.807) is 12.1 Å². The van der Waals surface area contributed by atoms with E-state index in [0.29, 0.717) is 12.0 Å². The van der Waals surface area contributed by atoms with Crippen molar-refractivity contribution < 1.29 is 4.39 Å². The molecule has 1 nitrogen and oxygen atoms in total. The summed E-state index contributed by atoms with van der Waals surface area (Å²) in [7, 11) is 0. The zero-order chi connectivity index (χ0) is 10.8. The van der Waals surface area contributed by atoms with Crippen LogP contribution in [0.2, 0.25) is 0 Å². The molecule has 1 aliphatic heterocycles. The molecule has 2 heteroatoms. The van der Waals surface area contributed by atoms with Crippen molar-refractivity contribution in [1.82, 2.24) is 5.32 Å². The van der Waals surface area contributed by atoms with Crippen LogP contribution in [0, 0.1) is 5.82 Å². The highest BCUT2D eigenvalue weighted by Crippen LogP contribution is 2.26. The summed E-state index contributed by atoms with van der Waals surface area (Å²) in [6.07, 6.45) is 2.32. The number of hydrogen-bond donors (Lipinski definition) is 1. The van der Waals surface area contributed by atoms with Crippen molar-refractivity contribution in [1.29, 1.82) is 0 Å². The van der Waals surface area contributed by atoms with Gasteiger partial charge in [0.05, 0.1) is 0 Å². The Balaban J connectivity index is 2.30. The molecule has 1 unspecified atom stereocenters. The van der Waals surface area contributed by atoms with Crippen molar-refractivity contribution in [3.63, 3.8) is 0 Å². The minimum absolute atomic E-state index is 0.107. The van der Waals surface area contributed by atoms with Crippen LogP contribution in [0.5, 0.6) is 0 Å². The molecular weight excluding hydrogens is 189 g/mol. The SMILES string of the molecule is CC(C)c1cc(F)cc(C2CCCN2)c1. The van der Waals surface area contributed by atoms with Crippen molar-refractivity contribution in [3.05, 3.63) is 35.1 Å². The lowest BCUT2D eigenvalue weighted by Crippen LogP contribution is -2.13. The van der Waals surface area contributed by atoms with Crippen molar-refractivity contribution in [2.45, 2.75) is 38.6 Å². The van der Waals surface area contributed by atoms with Gasteiger partial charge < -0.3 is 5.32 Å². The maximum Gasteiger partial charge on any atom is 0.123 e. The lowest BCUT2D eigenvalue weighted by atomic mass is 9.97. The second kappa shape index (κ2) is 4.31. The van der Waals surface area contributed by atoms with E-state index in [-0.39, 0.29) is 5.82 Å². The topological polar surface area (TPSA) is 12.0 Å². The fraction of sp³-hybridized carbons (Fsp3) is 0.538. The normalized spacial score (nSPS) is 21.2. The molecule has 1 aromatic rings. The molecule has 0 spiro atoms. The largest absolute Gasteiger partial charge is 0.310 e. The number of rotatable bonds is 2. The van der Waals surface area contributed by atoms with Crippen molar-refractivity contribution >= 4 is 0 Å². The van der Waals surface area contributed by atoms with Crippen LogP contribution >= 0.6 is 0 Å². The molecule has 82 valence electrons. The second-order valence-corrected chi connectivity index (χ2v) is 4.62. The van der Waals surface area contributed by atoms with E-state index in [4.69, 9.17) is 0 Å². The Bertz CT molecular complexity index is 340. The van der Waals surface area contributed by atoms with Gasteiger partial charge in [0.1, 0.15) is 5.82 Å². The molecule has 1 atom stereocenters.